The molecule has 0 heterocycles. The fraction of sp³-hybridized carbons (Fsp3) is 0.0805. The minimum absolute atomic E-state index is 0. The Bertz CT molecular complexity index is 4570. The number of rotatable bonds is 19. The van der Waals surface area contributed by atoms with Gasteiger partial charge in [0.25, 0.3) is 0 Å². The van der Waals surface area contributed by atoms with Crippen LogP contribution in [0.15, 0.2) is 307 Å². The molecule has 0 aliphatic rings. The average molecular weight is 1700 g/mol. The fourth-order valence-corrected chi connectivity index (χ4v) is 9.57. The molecule has 114 heavy (non-hydrogen) atoms. The number of anilines is 4. The summed E-state index contributed by atoms with van der Waals surface area (Å²) in [6.07, 6.45) is 12.5. The third kappa shape index (κ3) is 32.1. The number of hydrogen-bond acceptors (Lipinski definition) is 21. The molecule has 0 atom stereocenters. The van der Waals surface area contributed by atoms with Crippen LogP contribution in [0, 0.1) is 0 Å². The minimum atomic E-state index is 0. The standard InChI is InChI=1S/4C20H17N3O2.C6H15N.CH4.4Fe.2H2O/c4*21-16-9-10-17(22-12-14-5-1-3-7-19(14)24)18(11-16)23-13-15-6-2-4-8-20(15)25;1-4-7(5-2)6-3;;;;;;;/h4*1-13,24-25H,21H2;4-6H2,1-3H3;1H4;;;;;2*1H2. The molecule has 0 spiro atoms. The molecule has 0 amide bonds. The second-order valence-corrected chi connectivity index (χ2v) is 23.1. The van der Waals surface area contributed by atoms with Gasteiger partial charge in [0.05, 0.1) is 45.5 Å². The van der Waals surface area contributed by atoms with Crippen molar-refractivity contribution in [3.05, 3.63) is 311 Å². The number of nitrogens with zero attached hydrogens (tertiary/aromatic N) is 9. The number of phenols is 8. The van der Waals surface area contributed by atoms with Crippen LogP contribution in [-0.4, -0.2) is 126 Å². The molecule has 23 nitrogen and oxygen atoms in total. The zero-order valence-corrected chi connectivity index (χ0v) is 65.9. The van der Waals surface area contributed by atoms with E-state index in [1.165, 1.54) is 19.6 Å². The number of phenolic OH excluding ortho intramolecular Hbond substituents is 8. The quantitative estimate of drug-likeness (QED) is 0.0204. The first kappa shape index (κ1) is 99.6. The van der Waals surface area contributed by atoms with Crippen molar-refractivity contribution in [2.45, 2.75) is 28.2 Å². The van der Waals surface area contributed by atoms with E-state index in [2.05, 4.69) is 65.6 Å². The van der Waals surface area contributed by atoms with Crippen LogP contribution < -0.4 is 22.9 Å². The molecule has 0 unspecified atom stereocenters. The van der Waals surface area contributed by atoms with E-state index in [0.717, 1.165) is 0 Å². The van der Waals surface area contributed by atoms with E-state index in [9.17, 15) is 40.9 Å². The molecule has 0 fully saturated rings. The molecular formula is C87H91Fe4N13O10. The summed E-state index contributed by atoms with van der Waals surface area (Å²) in [7, 11) is 0. The molecular weight excluding hydrogens is 1610 g/mol. The summed E-state index contributed by atoms with van der Waals surface area (Å²) in [6.45, 7) is 10.1. The smallest absolute Gasteiger partial charge is 0.124 e. The number of aliphatic imine (C=N–C) groups is 8. The van der Waals surface area contributed by atoms with E-state index in [1.807, 2.05) is 48.5 Å². The van der Waals surface area contributed by atoms with E-state index in [4.69, 9.17) is 22.9 Å². The Labute approximate surface area is 706 Å². The number of nitrogen functional groups attached to an aromatic ring is 4. The maximum absolute atomic E-state index is 9.82. The van der Waals surface area contributed by atoms with Gasteiger partial charge in [-0.2, -0.15) is 0 Å². The van der Waals surface area contributed by atoms with Crippen LogP contribution in [0.5, 0.6) is 46.0 Å². The average Bonchev–Trinajstić information content (AvgIpc) is 0.857. The van der Waals surface area contributed by atoms with E-state index in [1.54, 1.807) is 268 Å². The Morgan fingerprint density at radius 2 is 0.360 bits per heavy atom. The fourth-order valence-electron chi connectivity index (χ4n) is 9.57. The second-order valence-electron chi connectivity index (χ2n) is 23.1. The molecule has 27 heteroatoms. The Kier molecular flexibility index (Phi) is 46.0. The van der Waals surface area contributed by atoms with Crippen molar-refractivity contribution in [2.75, 3.05) is 42.6 Å². The summed E-state index contributed by atoms with van der Waals surface area (Å²) in [6, 6.07) is 76.2. The van der Waals surface area contributed by atoms with Crippen LogP contribution in [0.2, 0.25) is 0 Å². The molecule has 12 aromatic rings. The third-order valence-corrected chi connectivity index (χ3v) is 15.6. The molecule has 0 aliphatic carbocycles. The summed E-state index contributed by atoms with van der Waals surface area (Å²) >= 11 is 0. The van der Waals surface area contributed by atoms with Gasteiger partial charge < -0.3 is 79.6 Å². The zero-order valence-electron chi connectivity index (χ0n) is 61.5. The van der Waals surface area contributed by atoms with Crippen LogP contribution in [0.3, 0.4) is 0 Å². The van der Waals surface area contributed by atoms with E-state index in [-0.39, 0.29) is 133 Å². The predicted octanol–water partition coefficient (Wildman–Crippen LogP) is 17.0. The Hall–Kier alpha value is -12.4. The first-order valence-electron chi connectivity index (χ1n) is 33.7. The van der Waals surface area contributed by atoms with E-state index < -0.39 is 0 Å². The van der Waals surface area contributed by atoms with Crippen LogP contribution in [0.25, 0.3) is 0 Å². The normalized spacial score (nSPS) is 10.6. The van der Waals surface area contributed by atoms with Crippen LogP contribution >= 0.6 is 0 Å². The van der Waals surface area contributed by atoms with Gasteiger partial charge in [0, 0.05) is 185 Å². The summed E-state index contributed by atoms with van der Waals surface area (Å²) in [5.74, 6) is 1.21. The van der Waals surface area contributed by atoms with Gasteiger partial charge in [-0.05, 0) is 189 Å². The van der Waals surface area contributed by atoms with Crippen molar-refractivity contribution in [3.8, 4) is 46.0 Å². The van der Waals surface area contributed by atoms with Gasteiger partial charge in [0.2, 0.25) is 0 Å². The monoisotopic (exact) mass is 1700 g/mol. The van der Waals surface area contributed by atoms with Gasteiger partial charge in [-0.15, -0.1) is 0 Å². The number of hydrogen-bond donors (Lipinski definition) is 12. The van der Waals surface area contributed by atoms with Crippen molar-refractivity contribution in [2.24, 2.45) is 39.9 Å². The molecule has 0 aliphatic heterocycles. The third-order valence-electron chi connectivity index (χ3n) is 15.6. The summed E-state index contributed by atoms with van der Waals surface area (Å²) in [4.78, 5) is 37.5. The van der Waals surface area contributed by atoms with Gasteiger partial charge >= 0.3 is 0 Å². The number of para-hydroxylation sites is 8. The van der Waals surface area contributed by atoms with Crippen LogP contribution in [0.4, 0.5) is 68.2 Å². The van der Waals surface area contributed by atoms with Crippen molar-refractivity contribution < 1.29 is 120 Å². The first-order chi connectivity index (χ1) is 51.9. The summed E-state index contributed by atoms with van der Waals surface area (Å²) in [5.41, 5.74) is 35.1. The Balaban J connectivity index is 0.000000724. The SMILES string of the molecule is C.CCN(CC)CC.Nc1ccc(N=Cc2ccccc2O)c(N=Cc2ccccc2O)c1.Nc1ccc(N=Cc2ccccc2O)c(N=Cc2ccccc2O)c1.Nc1ccc(N=Cc2ccccc2O)c(N=Cc2ccccc2O)c1.Nc1ccc(N=Cc2ccccc2O)c(N=Cc2ccccc2O)c1.O.O.[Fe].[Fe].[Fe].[Fe]. The van der Waals surface area contributed by atoms with Crippen LogP contribution in [-0.2, 0) is 68.3 Å². The molecule has 0 radical (unpaired) electrons. The van der Waals surface area contributed by atoms with Gasteiger partial charge in [-0.1, -0.05) is 125 Å². The first-order valence-corrected chi connectivity index (χ1v) is 33.7. The van der Waals surface area contributed by atoms with E-state index in [0.29, 0.717) is 113 Å². The molecule has 20 N–H and O–H groups in total. The zero-order chi connectivity index (χ0) is 76.3. The van der Waals surface area contributed by atoms with Crippen molar-refractivity contribution >= 4 is 118 Å². The Morgan fingerprint density at radius 3 is 0.482 bits per heavy atom. The molecule has 0 saturated heterocycles. The van der Waals surface area contributed by atoms with Crippen molar-refractivity contribution in [1.82, 2.24) is 4.90 Å². The van der Waals surface area contributed by atoms with Gasteiger partial charge in [-0.25, -0.2) is 0 Å². The second kappa shape index (κ2) is 52.7. The molecule has 12 rings (SSSR count). The molecule has 0 aromatic heterocycles. The number of nitrogens with two attached hydrogens (primary N) is 4. The van der Waals surface area contributed by atoms with Gasteiger partial charge in [0.15, 0.2) is 0 Å². The topological polar surface area (TPSA) is 431 Å². The largest absolute Gasteiger partial charge is 0.507 e. The van der Waals surface area contributed by atoms with Crippen molar-refractivity contribution in [1.29, 1.82) is 0 Å². The summed E-state index contributed by atoms with van der Waals surface area (Å²) in [5, 5.41) is 78.6. The van der Waals surface area contributed by atoms with E-state index >= 15 is 0 Å². The molecule has 12 aromatic carbocycles. The summed E-state index contributed by atoms with van der Waals surface area (Å²) < 4.78 is 0. The predicted molar refractivity (Wildman–Crippen MR) is 454 cm³/mol. The molecule has 596 valence electrons. The Morgan fingerprint density at radius 1 is 0.228 bits per heavy atom. The maximum Gasteiger partial charge on any atom is 0.124 e. The van der Waals surface area contributed by atoms with Gasteiger partial charge in [0.1, 0.15) is 46.0 Å². The number of aromatic hydroxyl groups is 8. The van der Waals surface area contributed by atoms with Crippen LogP contribution in [0.1, 0.15) is 72.7 Å². The maximum atomic E-state index is 9.82. The number of benzene rings is 12. The van der Waals surface area contributed by atoms with Gasteiger partial charge in [-0.3, -0.25) is 39.9 Å². The van der Waals surface area contributed by atoms with Crippen molar-refractivity contribution in [3.63, 3.8) is 0 Å². The molecule has 0 saturated carbocycles. The molecule has 0 bridgehead atoms. The minimum Gasteiger partial charge on any atom is -0.507 e.